The normalized spacial score (nSPS) is 21.6. The van der Waals surface area contributed by atoms with Crippen LogP contribution in [-0.2, 0) is 16.6 Å². The van der Waals surface area contributed by atoms with Gasteiger partial charge in [-0.3, -0.25) is 24.7 Å². The fraction of sp³-hybridized carbons (Fsp3) is 0.415. The molecule has 378 valence electrons. The minimum atomic E-state index is -4.67. The maximum Gasteiger partial charge on any atom is 0.312 e. The lowest BCUT2D eigenvalue weighted by Crippen LogP contribution is -2.68. The second-order valence-corrected chi connectivity index (χ2v) is 22.5. The standard InChI is InChI=1S/C53H59F2N9O7S/c1-33(2)41-6-4-5-7-42(41)47-30-61(29-35-8-11-44(54)45(55)20-35)18-19-63(47)38-24-53(25-38)31-62(32-53)37-9-10-43(48(22-37)71-39-21-36-14-17-56-49(36)58-27-39)51(65)60-72(69,70)40-23-46(64(67)68)50(59-28-40)57-26-34-12-15-52(3,66)16-13-34/h4-11,14,17,20-23,27-28,33-34,38,47,66H,12-13,15-16,18-19,24-26,29-32H2,1-3H3,(H,56,58)(H,57,59)(H,60,65)/t34?,47-,52?/m0/s1. The number of H-pyrrole nitrogens is 1. The highest BCUT2D eigenvalue weighted by Crippen LogP contribution is 2.54. The number of aromatic amines is 1. The molecule has 3 aromatic carbocycles. The van der Waals surface area contributed by atoms with Gasteiger partial charge in [-0.25, -0.2) is 31.9 Å². The molecule has 1 spiro atoms. The molecule has 2 aliphatic carbocycles. The molecule has 19 heteroatoms. The molecule has 2 saturated heterocycles. The number of nitro groups is 1. The largest absolute Gasteiger partial charge is 0.455 e. The Labute approximate surface area is 417 Å². The summed E-state index contributed by atoms with van der Waals surface area (Å²) in [4.78, 5) is 43.7. The molecule has 5 heterocycles. The predicted octanol–water partition coefficient (Wildman–Crippen LogP) is 9.06. The Hall–Kier alpha value is -6.54. The van der Waals surface area contributed by atoms with Gasteiger partial charge in [0.2, 0.25) is 5.82 Å². The van der Waals surface area contributed by atoms with E-state index in [0.717, 1.165) is 87.3 Å². The number of anilines is 2. The summed E-state index contributed by atoms with van der Waals surface area (Å²) in [5.74, 6) is -1.92. The third kappa shape index (κ3) is 10.2. The van der Waals surface area contributed by atoms with Crippen LogP contribution in [0.15, 0.2) is 102 Å². The van der Waals surface area contributed by atoms with Crippen LogP contribution in [0, 0.1) is 33.1 Å². The van der Waals surface area contributed by atoms with Crippen LogP contribution in [0.3, 0.4) is 0 Å². The van der Waals surface area contributed by atoms with E-state index in [1.54, 1.807) is 37.4 Å². The van der Waals surface area contributed by atoms with Crippen LogP contribution in [0.5, 0.6) is 11.5 Å². The third-order valence-corrected chi connectivity index (χ3v) is 16.5. The van der Waals surface area contributed by atoms with E-state index in [2.05, 4.69) is 77.8 Å². The fourth-order valence-corrected chi connectivity index (χ4v) is 12.2. The molecular formula is C53H59F2N9O7S. The van der Waals surface area contributed by atoms with Crippen LogP contribution >= 0.6 is 0 Å². The molecule has 1 atom stereocenters. The van der Waals surface area contributed by atoms with Crippen molar-refractivity contribution < 1.29 is 36.8 Å². The number of nitrogens with one attached hydrogen (secondary N) is 3. The first kappa shape index (κ1) is 49.1. The number of amides is 1. The molecule has 6 aromatic rings. The number of pyridine rings is 2. The van der Waals surface area contributed by atoms with Gasteiger partial charge in [0.05, 0.1) is 28.5 Å². The highest BCUT2D eigenvalue weighted by atomic mass is 32.2. The van der Waals surface area contributed by atoms with E-state index in [0.29, 0.717) is 49.3 Å². The Morgan fingerprint density at radius 2 is 1.76 bits per heavy atom. The van der Waals surface area contributed by atoms with Gasteiger partial charge in [0.25, 0.3) is 15.9 Å². The molecular weight excluding hydrogens is 945 g/mol. The molecule has 2 saturated carbocycles. The summed E-state index contributed by atoms with van der Waals surface area (Å²) in [5.41, 5.74) is 3.44. The Morgan fingerprint density at radius 3 is 2.51 bits per heavy atom. The number of aromatic nitrogens is 3. The van der Waals surface area contributed by atoms with Crippen molar-refractivity contribution in [1.82, 2.24) is 29.5 Å². The summed E-state index contributed by atoms with van der Waals surface area (Å²) >= 11 is 0. The molecule has 1 amide bonds. The average Bonchev–Trinajstić information content (AvgIpc) is 3.80. The van der Waals surface area contributed by atoms with Gasteiger partial charge in [0.1, 0.15) is 22.0 Å². The predicted molar refractivity (Wildman–Crippen MR) is 269 cm³/mol. The molecule has 4 N–H and O–H groups in total. The second kappa shape index (κ2) is 19.5. The smallest absolute Gasteiger partial charge is 0.312 e. The number of hydrogen-bond acceptors (Lipinski definition) is 13. The summed E-state index contributed by atoms with van der Waals surface area (Å²) in [6, 6.07) is 22.7. The summed E-state index contributed by atoms with van der Waals surface area (Å²) in [6.07, 6.45) is 8.85. The van der Waals surface area contributed by atoms with Crippen molar-refractivity contribution >= 4 is 44.2 Å². The first-order chi connectivity index (χ1) is 34.4. The van der Waals surface area contributed by atoms with Gasteiger partial charge in [0, 0.05) is 92.7 Å². The van der Waals surface area contributed by atoms with Gasteiger partial charge >= 0.3 is 5.69 Å². The number of ether oxygens (including phenoxy) is 1. The number of aliphatic hydroxyl groups is 1. The number of hydrogen-bond donors (Lipinski definition) is 4. The van der Waals surface area contributed by atoms with Crippen molar-refractivity contribution in [3.05, 3.63) is 141 Å². The molecule has 0 unspecified atom stereocenters. The Kier molecular flexibility index (Phi) is 13.3. The van der Waals surface area contributed by atoms with Crippen LogP contribution in [0.2, 0.25) is 0 Å². The summed E-state index contributed by atoms with van der Waals surface area (Å²) in [5, 5.41) is 26.2. The van der Waals surface area contributed by atoms with Gasteiger partial charge in [-0.05, 0) is 110 Å². The molecule has 4 fully saturated rings. The zero-order valence-electron chi connectivity index (χ0n) is 40.5. The van der Waals surface area contributed by atoms with E-state index in [-0.39, 0.29) is 34.5 Å². The van der Waals surface area contributed by atoms with E-state index in [9.17, 15) is 37.2 Å². The maximum atomic E-state index is 14.2. The molecule has 4 aliphatic rings. The van der Waals surface area contributed by atoms with Crippen molar-refractivity contribution in [2.24, 2.45) is 11.3 Å². The third-order valence-electron chi connectivity index (χ3n) is 15.2. The van der Waals surface area contributed by atoms with Crippen molar-refractivity contribution in [3.8, 4) is 11.5 Å². The number of carbonyl (C=O) groups excluding carboxylic acids is 1. The van der Waals surface area contributed by atoms with Crippen LogP contribution in [0.4, 0.5) is 26.0 Å². The number of halogens is 2. The molecule has 10 rings (SSSR count). The summed E-state index contributed by atoms with van der Waals surface area (Å²) < 4.78 is 64.0. The number of rotatable bonds is 15. The highest BCUT2D eigenvalue weighted by Gasteiger charge is 2.55. The molecule has 0 bridgehead atoms. The Morgan fingerprint density at radius 1 is 0.986 bits per heavy atom. The molecule has 0 radical (unpaired) electrons. The minimum absolute atomic E-state index is 0.0730. The molecule has 3 aromatic heterocycles. The van der Waals surface area contributed by atoms with E-state index in [1.165, 1.54) is 35.5 Å². The lowest BCUT2D eigenvalue weighted by molar-refractivity contribution is -0.384. The van der Waals surface area contributed by atoms with E-state index in [1.807, 2.05) is 6.07 Å². The number of piperazine rings is 1. The van der Waals surface area contributed by atoms with Gasteiger partial charge < -0.3 is 25.0 Å². The van der Waals surface area contributed by atoms with Crippen LogP contribution < -0.4 is 19.7 Å². The van der Waals surface area contributed by atoms with Crippen molar-refractivity contribution in [1.29, 1.82) is 0 Å². The quantitative estimate of drug-likeness (QED) is 0.0562. The summed E-state index contributed by atoms with van der Waals surface area (Å²) in [7, 11) is -4.67. The van der Waals surface area contributed by atoms with Gasteiger partial charge in [-0.15, -0.1) is 0 Å². The van der Waals surface area contributed by atoms with Crippen molar-refractivity contribution in [2.75, 3.05) is 49.5 Å². The van der Waals surface area contributed by atoms with Crippen LogP contribution in [-0.4, -0.2) is 100 Å². The number of carbonyl (C=O) groups is 1. The lowest BCUT2D eigenvalue weighted by atomic mass is 9.59. The number of benzene rings is 3. The van der Waals surface area contributed by atoms with Gasteiger partial charge in [0.15, 0.2) is 11.6 Å². The summed E-state index contributed by atoms with van der Waals surface area (Å²) in [6.45, 7) is 11.0. The highest BCUT2D eigenvalue weighted by molar-refractivity contribution is 7.90. The number of nitrogens with zero attached hydrogens (tertiary/aromatic N) is 6. The monoisotopic (exact) mass is 1000 g/mol. The molecule has 2 aliphatic heterocycles. The lowest BCUT2D eigenvalue weighted by Gasteiger charge is -2.63. The Balaban J connectivity index is 0.842. The van der Waals surface area contributed by atoms with Crippen molar-refractivity contribution in [2.45, 2.75) is 94.3 Å². The van der Waals surface area contributed by atoms with Crippen LogP contribution in [0.1, 0.15) is 98.3 Å². The van der Waals surface area contributed by atoms with E-state index >= 15 is 0 Å². The fourth-order valence-electron chi connectivity index (χ4n) is 11.2. The molecule has 16 nitrogen and oxygen atoms in total. The average molecular weight is 1000 g/mol. The van der Waals surface area contributed by atoms with Crippen molar-refractivity contribution in [3.63, 3.8) is 0 Å². The van der Waals surface area contributed by atoms with Gasteiger partial charge in [-0.1, -0.05) is 44.2 Å². The zero-order chi connectivity index (χ0) is 50.5. The Bertz CT molecular complexity index is 3130. The first-order valence-corrected chi connectivity index (χ1v) is 26.1. The number of fused-ring (bicyclic) bond motifs is 1. The second-order valence-electron chi connectivity index (χ2n) is 20.9. The zero-order valence-corrected chi connectivity index (χ0v) is 41.3. The van der Waals surface area contributed by atoms with Crippen LogP contribution in [0.25, 0.3) is 11.0 Å². The van der Waals surface area contributed by atoms with Gasteiger partial charge in [-0.2, -0.15) is 0 Å². The topological polar surface area (TPSA) is 199 Å². The van der Waals surface area contributed by atoms with E-state index in [4.69, 9.17) is 4.74 Å². The minimum Gasteiger partial charge on any atom is -0.455 e. The SMILES string of the molecule is CC(C)c1ccccc1[C@@H]1CN(Cc2ccc(F)c(F)c2)CCN1C1CC2(C1)CN(c1ccc(C(=O)NS(=O)(=O)c3cnc(NCC4CCC(C)(O)CC4)c([N+](=O)[O-])c3)c(Oc3cnc4[nH]ccc4c3)c1)C2. The molecule has 72 heavy (non-hydrogen) atoms. The maximum absolute atomic E-state index is 14.2. The first-order valence-electron chi connectivity index (χ1n) is 24.6. The number of sulfonamides is 1. The van der Waals surface area contributed by atoms with E-state index < -0.39 is 48.7 Å².